The molecule has 0 saturated carbocycles. The van der Waals surface area contributed by atoms with Crippen LogP contribution >= 0.6 is 0 Å². The van der Waals surface area contributed by atoms with Crippen LogP contribution in [0.15, 0.2) is 18.2 Å². The van der Waals surface area contributed by atoms with Crippen molar-refractivity contribution in [3.63, 3.8) is 0 Å². The summed E-state index contributed by atoms with van der Waals surface area (Å²) in [6, 6.07) is 3.19. The third-order valence-corrected chi connectivity index (χ3v) is 2.99. The highest BCUT2D eigenvalue weighted by molar-refractivity contribution is 5.54. The molecule has 0 aliphatic carbocycles. The third kappa shape index (κ3) is 4.11. The van der Waals surface area contributed by atoms with Crippen LogP contribution < -0.4 is 11.1 Å². The summed E-state index contributed by atoms with van der Waals surface area (Å²) >= 11 is 0. The molecule has 3 nitrogen and oxygen atoms in total. The zero-order chi connectivity index (χ0) is 14.6. The number of hydrogen-bond donors (Lipinski definition) is 3. The van der Waals surface area contributed by atoms with Crippen LogP contribution in [0.2, 0.25) is 0 Å². The minimum Gasteiger partial charge on any atom is -0.394 e. The highest BCUT2D eigenvalue weighted by Gasteiger charge is 2.31. The van der Waals surface area contributed by atoms with Crippen LogP contribution in [0.3, 0.4) is 0 Å². The predicted molar refractivity (Wildman–Crippen MR) is 68.7 cm³/mol. The summed E-state index contributed by atoms with van der Waals surface area (Å²) in [4.78, 5) is 0. The standard InChI is InChI=1S/C13H19F3N2O/c1-8(2)12(7-19)18-11-4-3-10(13(14,15)16)5-9(11)6-17/h3-5,8,12,18-19H,6-7,17H2,1-2H3/t12-/m1/s1. The van der Waals surface area contributed by atoms with Crippen molar-refractivity contribution in [3.05, 3.63) is 29.3 Å². The Balaban J connectivity index is 3.03. The van der Waals surface area contributed by atoms with Gasteiger partial charge in [0.25, 0.3) is 0 Å². The Hall–Kier alpha value is -1.27. The molecule has 0 heterocycles. The molecular weight excluding hydrogens is 257 g/mol. The molecule has 1 aromatic rings. The highest BCUT2D eigenvalue weighted by atomic mass is 19.4. The molecule has 108 valence electrons. The average Bonchev–Trinajstić information content (AvgIpc) is 2.34. The van der Waals surface area contributed by atoms with Gasteiger partial charge in [0, 0.05) is 12.2 Å². The Morgan fingerprint density at radius 1 is 1.32 bits per heavy atom. The smallest absolute Gasteiger partial charge is 0.394 e. The number of anilines is 1. The molecule has 0 radical (unpaired) electrons. The van der Waals surface area contributed by atoms with Gasteiger partial charge in [-0.15, -0.1) is 0 Å². The van der Waals surface area contributed by atoms with Gasteiger partial charge in [-0.2, -0.15) is 13.2 Å². The quantitative estimate of drug-likeness (QED) is 0.774. The van der Waals surface area contributed by atoms with Gasteiger partial charge in [0.15, 0.2) is 0 Å². The fraction of sp³-hybridized carbons (Fsp3) is 0.538. The maximum Gasteiger partial charge on any atom is 0.416 e. The minimum absolute atomic E-state index is 0.00248. The summed E-state index contributed by atoms with van der Waals surface area (Å²) in [5, 5.41) is 12.3. The van der Waals surface area contributed by atoms with Crippen molar-refractivity contribution >= 4 is 5.69 Å². The number of halogens is 3. The first-order chi connectivity index (χ1) is 8.79. The predicted octanol–water partition coefficient (Wildman–Crippen LogP) is 2.59. The number of nitrogens with one attached hydrogen (secondary N) is 1. The van der Waals surface area contributed by atoms with Gasteiger partial charge in [-0.1, -0.05) is 13.8 Å². The summed E-state index contributed by atoms with van der Waals surface area (Å²) in [5.41, 5.74) is 5.68. The van der Waals surface area contributed by atoms with E-state index in [1.165, 1.54) is 6.07 Å². The van der Waals surface area contributed by atoms with E-state index in [-0.39, 0.29) is 25.1 Å². The molecule has 0 fully saturated rings. The van der Waals surface area contributed by atoms with Gasteiger partial charge in [0.2, 0.25) is 0 Å². The summed E-state index contributed by atoms with van der Waals surface area (Å²) in [5.74, 6) is 0.151. The van der Waals surface area contributed by atoms with Crippen molar-refractivity contribution in [1.82, 2.24) is 0 Å². The van der Waals surface area contributed by atoms with Crippen molar-refractivity contribution in [2.24, 2.45) is 11.7 Å². The molecule has 6 heteroatoms. The van der Waals surface area contributed by atoms with E-state index in [4.69, 9.17) is 5.73 Å². The first-order valence-electron chi connectivity index (χ1n) is 6.07. The lowest BCUT2D eigenvalue weighted by molar-refractivity contribution is -0.137. The SMILES string of the molecule is CC(C)[C@@H](CO)Nc1ccc(C(F)(F)F)cc1CN. The van der Waals surface area contributed by atoms with E-state index >= 15 is 0 Å². The van der Waals surface area contributed by atoms with E-state index < -0.39 is 11.7 Å². The van der Waals surface area contributed by atoms with Gasteiger partial charge in [-0.25, -0.2) is 0 Å². The van der Waals surface area contributed by atoms with Crippen LogP contribution in [-0.2, 0) is 12.7 Å². The van der Waals surface area contributed by atoms with E-state index in [2.05, 4.69) is 5.32 Å². The first kappa shape index (κ1) is 15.8. The van der Waals surface area contributed by atoms with Gasteiger partial charge in [0.05, 0.1) is 18.2 Å². The Labute approximate surface area is 110 Å². The summed E-state index contributed by atoms with van der Waals surface area (Å²) in [6.07, 6.45) is -4.38. The fourth-order valence-electron chi connectivity index (χ4n) is 1.70. The molecule has 0 unspecified atom stereocenters. The Morgan fingerprint density at radius 3 is 2.37 bits per heavy atom. The van der Waals surface area contributed by atoms with E-state index in [9.17, 15) is 18.3 Å². The largest absolute Gasteiger partial charge is 0.416 e. The summed E-state index contributed by atoms with van der Waals surface area (Å²) in [6.45, 7) is 3.74. The second kappa shape index (κ2) is 6.25. The lowest BCUT2D eigenvalue weighted by atomic mass is 10.0. The normalized spacial score (nSPS) is 13.7. The summed E-state index contributed by atoms with van der Waals surface area (Å²) < 4.78 is 37.8. The molecule has 4 N–H and O–H groups in total. The fourth-order valence-corrected chi connectivity index (χ4v) is 1.70. The van der Waals surface area contributed by atoms with Crippen LogP contribution in [0.25, 0.3) is 0 Å². The topological polar surface area (TPSA) is 58.3 Å². The number of rotatable bonds is 5. The van der Waals surface area contributed by atoms with Crippen molar-refractivity contribution in [3.8, 4) is 0 Å². The van der Waals surface area contributed by atoms with E-state index in [1.807, 2.05) is 13.8 Å². The van der Waals surface area contributed by atoms with Crippen molar-refractivity contribution in [2.45, 2.75) is 32.6 Å². The number of hydrogen-bond acceptors (Lipinski definition) is 3. The van der Waals surface area contributed by atoms with Crippen molar-refractivity contribution in [2.75, 3.05) is 11.9 Å². The van der Waals surface area contributed by atoms with E-state index in [1.54, 1.807) is 0 Å². The average molecular weight is 276 g/mol. The lowest BCUT2D eigenvalue weighted by Crippen LogP contribution is -2.30. The number of nitrogens with two attached hydrogens (primary N) is 1. The van der Waals surface area contributed by atoms with Crippen LogP contribution in [0, 0.1) is 5.92 Å². The molecule has 0 amide bonds. The van der Waals surface area contributed by atoms with Gasteiger partial charge in [-0.3, -0.25) is 0 Å². The second-order valence-electron chi connectivity index (χ2n) is 4.75. The third-order valence-electron chi connectivity index (χ3n) is 2.99. The van der Waals surface area contributed by atoms with Crippen LogP contribution in [0.1, 0.15) is 25.0 Å². The minimum atomic E-state index is -4.38. The van der Waals surface area contributed by atoms with Gasteiger partial charge < -0.3 is 16.2 Å². The number of aliphatic hydroxyl groups excluding tert-OH is 1. The molecule has 0 aliphatic rings. The molecule has 19 heavy (non-hydrogen) atoms. The van der Waals surface area contributed by atoms with Crippen LogP contribution in [0.4, 0.5) is 18.9 Å². The monoisotopic (exact) mass is 276 g/mol. The summed E-state index contributed by atoms with van der Waals surface area (Å²) in [7, 11) is 0. The maximum atomic E-state index is 12.6. The molecule has 0 aromatic heterocycles. The lowest BCUT2D eigenvalue weighted by Gasteiger charge is -2.23. The van der Waals surface area contributed by atoms with Crippen LogP contribution in [0.5, 0.6) is 0 Å². The highest BCUT2D eigenvalue weighted by Crippen LogP contribution is 2.32. The van der Waals surface area contributed by atoms with Gasteiger partial charge in [0.1, 0.15) is 0 Å². The molecule has 1 aromatic carbocycles. The van der Waals surface area contributed by atoms with E-state index in [0.717, 1.165) is 12.1 Å². The molecule has 0 spiro atoms. The molecular formula is C13H19F3N2O. The maximum absolute atomic E-state index is 12.6. The molecule has 0 saturated heterocycles. The van der Waals surface area contributed by atoms with Crippen molar-refractivity contribution < 1.29 is 18.3 Å². The van der Waals surface area contributed by atoms with Crippen molar-refractivity contribution in [1.29, 1.82) is 0 Å². The van der Waals surface area contributed by atoms with E-state index in [0.29, 0.717) is 11.3 Å². The molecule has 0 bridgehead atoms. The number of benzene rings is 1. The Kier molecular flexibility index (Phi) is 5.20. The molecule has 1 rings (SSSR count). The zero-order valence-corrected chi connectivity index (χ0v) is 11.0. The second-order valence-corrected chi connectivity index (χ2v) is 4.75. The van der Waals surface area contributed by atoms with Gasteiger partial charge >= 0.3 is 6.18 Å². The molecule has 1 atom stereocenters. The Bertz CT molecular complexity index is 419. The van der Waals surface area contributed by atoms with Crippen LogP contribution in [-0.4, -0.2) is 17.8 Å². The number of aliphatic hydroxyl groups is 1. The number of alkyl halides is 3. The molecule has 0 aliphatic heterocycles. The Morgan fingerprint density at radius 2 is 1.95 bits per heavy atom. The van der Waals surface area contributed by atoms with Gasteiger partial charge in [-0.05, 0) is 29.7 Å². The zero-order valence-electron chi connectivity index (χ0n) is 11.0. The first-order valence-corrected chi connectivity index (χ1v) is 6.07.